The van der Waals surface area contributed by atoms with Crippen LogP contribution in [0.4, 0.5) is 18.9 Å². The molecule has 0 radical (unpaired) electrons. The van der Waals surface area contributed by atoms with Crippen LogP contribution in [0.5, 0.6) is 0 Å². The van der Waals surface area contributed by atoms with Gasteiger partial charge in [0.1, 0.15) is 17.5 Å². The van der Waals surface area contributed by atoms with Crippen molar-refractivity contribution in [2.24, 2.45) is 0 Å². The summed E-state index contributed by atoms with van der Waals surface area (Å²) >= 11 is 3.13. The van der Waals surface area contributed by atoms with Gasteiger partial charge in [-0.2, -0.15) is 0 Å². The van der Waals surface area contributed by atoms with Crippen LogP contribution in [-0.2, 0) is 0 Å². The van der Waals surface area contributed by atoms with Crippen molar-refractivity contribution >= 4 is 27.5 Å². The summed E-state index contributed by atoms with van der Waals surface area (Å²) in [5.41, 5.74) is -0.161. The molecule has 1 N–H and O–H groups in total. The molecule has 2 aromatic rings. The van der Waals surface area contributed by atoms with Crippen LogP contribution in [0.1, 0.15) is 10.4 Å². The zero-order valence-electron chi connectivity index (χ0n) is 9.38. The van der Waals surface area contributed by atoms with Crippen molar-refractivity contribution in [1.29, 1.82) is 0 Å². The zero-order chi connectivity index (χ0) is 14.0. The Bertz CT molecular complexity index is 646. The van der Waals surface area contributed by atoms with E-state index in [0.29, 0.717) is 10.5 Å². The molecule has 2 aromatic carbocycles. The molecule has 2 nitrogen and oxygen atoms in total. The van der Waals surface area contributed by atoms with Crippen molar-refractivity contribution in [2.45, 2.75) is 0 Å². The van der Waals surface area contributed by atoms with Gasteiger partial charge in [0.05, 0.1) is 11.3 Å². The third kappa shape index (κ3) is 3.14. The van der Waals surface area contributed by atoms with Gasteiger partial charge >= 0.3 is 0 Å². The summed E-state index contributed by atoms with van der Waals surface area (Å²) in [6.07, 6.45) is 0. The molecule has 0 aliphatic carbocycles. The Morgan fingerprint density at radius 3 is 2.32 bits per heavy atom. The van der Waals surface area contributed by atoms with Gasteiger partial charge in [0.25, 0.3) is 5.91 Å². The molecule has 0 spiro atoms. The van der Waals surface area contributed by atoms with Crippen LogP contribution in [0.15, 0.2) is 40.9 Å². The van der Waals surface area contributed by atoms with E-state index < -0.39 is 23.4 Å². The Morgan fingerprint density at radius 1 is 1.00 bits per heavy atom. The van der Waals surface area contributed by atoms with Crippen molar-refractivity contribution in [2.75, 3.05) is 5.32 Å². The lowest BCUT2D eigenvalue weighted by molar-refractivity contribution is 0.102. The first-order valence-corrected chi connectivity index (χ1v) is 5.98. The smallest absolute Gasteiger partial charge is 0.258 e. The van der Waals surface area contributed by atoms with Gasteiger partial charge < -0.3 is 5.32 Å². The minimum Gasteiger partial charge on any atom is -0.321 e. The summed E-state index contributed by atoms with van der Waals surface area (Å²) in [6, 6.07) is 6.30. The molecule has 0 heterocycles. The Morgan fingerprint density at radius 2 is 1.63 bits per heavy atom. The molecule has 1 amide bonds. The number of benzene rings is 2. The molecule has 6 heteroatoms. The third-order valence-corrected chi connectivity index (χ3v) is 3.04. The second-order valence-corrected chi connectivity index (χ2v) is 4.56. The molecule has 19 heavy (non-hydrogen) atoms. The van der Waals surface area contributed by atoms with Crippen LogP contribution in [0.3, 0.4) is 0 Å². The van der Waals surface area contributed by atoms with Crippen LogP contribution >= 0.6 is 15.9 Å². The van der Waals surface area contributed by atoms with Crippen LogP contribution in [0.25, 0.3) is 0 Å². The van der Waals surface area contributed by atoms with Crippen molar-refractivity contribution in [3.8, 4) is 0 Å². The minimum atomic E-state index is -0.981. The number of rotatable bonds is 2. The number of hydrogen-bond donors (Lipinski definition) is 1. The summed E-state index contributed by atoms with van der Waals surface area (Å²) in [5.74, 6) is -3.09. The number of halogens is 4. The lowest BCUT2D eigenvalue weighted by Crippen LogP contribution is -2.14. The fourth-order valence-corrected chi connectivity index (χ4v) is 1.80. The predicted octanol–water partition coefficient (Wildman–Crippen LogP) is 4.12. The third-order valence-electron chi connectivity index (χ3n) is 2.35. The summed E-state index contributed by atoms with van der Waals surface area (Å²) in [5, 5.41) is 2.34. The number of amides is 1. The number of carbonyl (C=O) groups is 1. The first-order valence-electron chi connectivity index (χ1n) is 5.19. The first-order chi connectivity index (χ1) is 8.97. The molecule has 0 fully saturated rings. The van der Waals surface area contributed by atoms with E-state index in [1.807, 2.05) is 0 Å². The number of hydrogen-bond acceptors (Lipinski definition) is 1. The van der Waals surface area contributed by atoms with E-state index in [9.17, 15) is 18.0 Å². The van der Waals surface area contributed by atoms with Crippen molar-refractivity contribution in [3.05, 3.63) is 63.9 Å². The molecule has 0 unspecified atom stereocenters. The molecule has 0 aromatic heterocycles. The maximum atomic E-state index is 13.4. The first kappa shape index (κ1) is 13.6. The highest BCUT2D eigenvalue weighted by molar-refractivity contribution is 9.10. The summed E-state index contributed by atoms with van der Waals surface area (Å²) < 4.78 is 39.6. The van der Waals surface area contributed by atoms with Gasteiger partial charge in [-0.05, 0) is 46.3 Å². The lowest BCUT2D eigenvalue weighted by atomic mass is 10.2. The van der Waals surface area contributed by atoms with E-state index in [4.69, 9.17) is 0 Å². The molecule has 0 aliphatic rings. The molecule has 0 bridgehead atoms. The summed E-state index contributed by atoms with van der Waals surface area (Å²) in [4.78, 5) is 11.8. The normalized spacial score (nSPS) is 10.3. The van der Waals surface area contributed by atoms with Gasteiger partial charge in [-0.3, -0.25) is 4.79 Å². The van der Waals surface area contributed by atoms with Gasteiger partial charge in [0.2, 0.25) is 0 Å². The minimum absolute atomic E-state index is 0.161. The maximum absolute atomic E-state index is 13.4. The highest BCUT2D eigenvalue weighted by Gasteiger charge is 2.14. The highest BCUT2D eigenvalue weighted by atomic mass is 79.9. The Labute approximate surface area is 115 Å². The molecular formula is C13H7BrF3NO. The molecule has 0 aliphatic heterocycles. The number of nitrogens with one attached hydrogen (secondary N) is 1. The second-order valence-electron chi connectivity index (χ2n) is 3.70. The Balaban J connectivity index is 2.28. The fourth-order valence-electron chi connectivity index (χ4n) is 1.46. The van der Waals surface area contributed by atoms with Gasteiger partial charge in [-0.1, -0.05) is 0 Å². The van der Waals surface area contributed by atoms with E-state index in [0.717, 1.165) is 18.2 Å². The Hall–Kier alpha value is -1.82. The van der Waals surface area contributed by atoms with Crippen molar-refractivity contribution < 1.29 is 18.0 Å². The summed E-state index contributed by atoms with van der Waals surface area (Å²) in [6.45, 7) is 0. The quantitative estimate of drug-likeness (QED) is 0.882. The van der Waals surface area contributed by atoms with E-state index in [2.05, 4.69) is 21.2 Å². The van der Waals surface area contributed by atoms with E-state index >= 15 is 0 Å². The molecule has 0 atom stereocenters. The molecule has 98 valence electrons. The average Bonchev–Trinajstić information content (AvgIpc) is 2.33. The second kappa shape index (κ2) is 5.44. The SMILES string of the molecule is O=C(Nc1cc(F)ccc1Br)c1ccc(F)cc1F. The van der Waals surface area contributed by atoms with Crippen molar-refractivity contribution in [1.82, 2.24) is 0 Å². The van der Waals surface area contributed by atoms with Crippen LogP contribution in [0.2, 0.25) is 0 Å². The largest absolute Gasteiger partial charge is 0.321 e. The monoisotopic (exact) mass is 329 g/mol. The highest BCUT2D eigenvalue weighted by Crippen LogP contribution is 2.24. The predicted molar refractivity (Wildman–Crippen MR) is 68.4 cm³/mol. The summed E-state index contributed by atoms with van der Waals surface area (Å²) in [7, 11) is 0. The van der Waals surface area contributed by atoms with Crippen LogP contribution in [-0.4, -0.2) is 5.91 Å². The molecular weight excluding hydrogens is 323 g/mol. The zero-order valence-corrected chi connectivity index (χ0v) is 11.0. The van der Waals surface area contributed by atoms with Gasteiger partial charge in [-0.15, -0.1) is 0 Å². The molecule has 0 saturated heterocycles. The average molecular weight is 330 g/mol. The van der Waals surface area contributed by atoms with E-state index in [1.54, 1.807) is 0 Å². The molecule has 2 rings (SSSR count). The van der Waals surface area contributed by atoms with Crippen LogP contribution in [0, 0.1) is 17.5 Å². The van der Waals surface area contributed by atoms with E-state index in [1.165, 1.54) is 12.1 Å². The van der Waals surface area contributed by atoms with E-state index in [-0.39, 0.29) is 11.3 Å². The Kier molecular flexibility index (Phi) is 3.90. The van der Waals surface area contributed by atoms with Gasteiger partial charge in [-0.25, -0.2) is 13.2 Å². The molecule has 0 saturated carbocycles. The lowest BCUT2D eigenvalue weighted by Gasteiger charge is -2.08. The van der Waals surface area contributed by atoms with Crippen LogP contribution < -0.4 is 5.32 Å². The fraction of sp³-hybridized carbons (Fsp3) is 0. The van der Waals surface area contributed by atoms with Crippen molar-refractivity contribution in [3.63, 3.8) is 0 Å². The standard InChI is InChI=1S/C13H7BrF3NO/c14-10-4-2-8(16)6-12(10)18-13(19)9-3-1-7(15)5-11(9)17/h1-6H,(H,18,19). The van der Waals surface area contributed by atoms with Gasteiger partial charge in [0, 0.05) is 10.5 Å². The maximum Gasteiger partial charge on any atom is 0.258 e. The topological polar surface area (TPSA) is 29.1 Å². The number of carbonyl (C=O) groups excluding carboxylic acids is 1. The van der Waals surface area contributed by atoms with Gasteiger partial charge in [0.15, 0.2) is 0 Å². The number of anilines is 1.